The first-order chi connectivity index (χ1) is 4.83. The van der Waals surface area contributed by atoms with E-state index in [0.29, 0.717) is 12.2 Å². The van der Waals surface area contributed by atoms with E-state index < -0.39 is 0 Å². The van der Waals surface area contributed by atoms with Gasteiger partial charge in [-0.25, -0.2) is 9.97 Å². The lowest BCUT2D eigenvalue weighted by molar-refractivity contribution is 0.296. The number of hydrogen-bond acceptors (Lipinski definition) is 4. The van der Waals surface area contributed by atoms with Crippen molar-refractivity contribution in [3.8, 4) is 5.75 Å². The number of hydrogen-bond donors (Lipinski definition) is 2. The minimum Gasteiger partial charge on any atom is -0.505 e. The number of aromatic hydroxyl groups is 1. The zero-order valence-corrected chi connectivity index (χ0v) is 5.36. The Labute approximate surface area is 58.2 Å². The van der Waals surface area contributed by atoms with Crippen molar-refractivity contribution in [1.82, 2.24) is 9.97 Å². The van der Waals surface area contributed by atoms with Crippen molar-refractivity contribution in [2.24, 2.45) is 0 Å². The highest BCUT2D eigenvalue weighted by Crippen LogP contribution is 2.01. The quantitative estimate of drug-likeness (QED) is 0.592. The van der Waals surface area contributed by atoms with Gasteiger partial charge in [0.2, 0.25) is 0 Å². The Morgan fingerprint density at radius 2 is 1.90 bits per heavy atom. The molecule has 0 saturated carbocycles. The molecule has 0 atom stereocenters. The molecule has 4 heteroatoms. The Balaban J connectivity index is 2.69. The van der Waals surface area contributed by atoms with E-state index in [1.165, 1.54) is 12.4 Å². The summed E-state index contributed by atoms with van der Waals surface area (Å²) in [5, 5.41) is 17.2. The molecule has 0 saturated heterocycles. The molecule has 1 aromatic rings. The molecule has 0 aliphatic carbocycles. The van der Waals surface area contributed by atoms with Gasteiger partial charge in [-0.2, -0.15) is 0 Å². The second-order valence-electron chi connectivity index (χ2n) is 1.83. The maximum atomic E-state index is 8.74. The minimum absolute atomic E-state index is 0.0325. The first-order valence-corrected chi connectivity index (χ1v) is 2.93. The molecule has 0 spiro atoms. The molecule has 0 aliphatic heterocycles. The predicted molar refractivity (Wildman–Crippen MR) is 34.5 cm³/mol. The zero-order valence-electron chi connectivity index (χ0n) is 5.36. The molecule has 0 aliphatic rings. The van der Waals surface area contributed by atoms with Gasteiger partial charge in [0, 0.05) is 6.42 Å². The van der Waals surface area contributed by atoms with Crippen molar-refractivity contribution in [2.75, 3.05) is 6.61 Å². The first-order valence-electron chi connectivity index (χ1n) is 2.93. The summed E-state index contributed by atoms with van der Waals surface area (Å²) in [6.45, 7) is 0.0325. The molecular formula is C6H8N2O2. The summed E-state index contributed by atoms with van der Waals surface area (Å²) >= 11 is 0. The molecule has 0 aromatic carbocycles. The second kappa shape index (κ2) is 3.12. The molecule has 0 bridgehead atoms. The van der Waals surface area contributed by atoms with E-state index in [2.05, 4.69) is 9.97 Å². The fraction of sp³-hybridized carbons (Fsp3) is 0.333. The van der Waals surface area contributed by atoms with Gasteiger partial charge in [0.15, 0.2) is 5.75 Å². The topological polar surface area (TPSA) is 66.2 Å². The summed E-state index contributed by atoms with van der Waals surface area (Å²) in [4.78, 5) is 7.49. The lowest BCUT2D eigenvalue weighted by Crippen LogP contribution is -1.96. The monoisotopic (exact) mass is 140 g/mol. The van der Waals surface area contributed by atoms with Gasteiger partial charge in [0.25, 0.3) is 0 Å². The van der Waals surface area contributed by atoms with Crippen LogP contribution in [-0.2, 0) is 6.42 Å². The molecule has 1 heterocycles. The van der Waals surface area contributed by atoms with Gasteiger partial charge in [0.05, 0.1) is 19.0 Å². The van der Waals surface area contributed by atoms with Crippen LogP contribution in [0.5, 0.6) is 5.75 Å². The summed E-state index contributed by atoms with van der Waals surface area (Å²) < 4.78 is 0. The molecule has 0 amide bonds. The highest BCUT2D eigenvalue weighted by Gasteiger charge is 1.93. The molecule has 0 unspecified atom stereocenters. The Morgan fingerprint density at radius 1 is 1.30 bits per heavy atom. The molecule has 0 fully saturated rings. The molecule has 2 N–H and O–H groups in total. The summed E-state index contributed by atoms with van der Waals surface area (Å²) in [6, 6.07) is 0. The third kappa shape index (κ3) is 1.66. The molecule has 1 aromatic heterocycles. The van der Waals surface area contributed by atoms with Crippen molar-refractivity contribution in [3.05, 3.63) is 18.2 Å². The minimum atomic E-state index is 0.0325. The lowest BCUT2D eigenvalue weighted by Gasteiger charge is -1.94. The molecular weight excluding hydrogens is 132 g/mol. The number of aliphatic hydroxyl groups is 1. The maximum absolute atomic E-state index is 8.74. The van der Waals surface area contributed by atoms with E-state index in [-0.39, 0.29) is 12.4 Å². The standard InChI is InChI=1S/C6H8N2O2/c9-2-1-6-7-3-5(10)4-8-6/h3-4,9-10H,1-2H2. The Kier molecular flexibility index (Phi) is 2.17. The van der Waals surface area contributed by atoms with Crippen molar-refractivity contribution in [1.29, 1.82) is 0 Å². The largest absolute Gasteiger partial charge is 0.505 e. The zero-order chi connectivity index (χ0) is 7.40. The van der Waals surface area contributed by atoms with Crippen molar-refractivity contribution >= 4 is 0 Å². The van der Waals surface area contributed by atoms with Gasteiger partial charge < -0.3 is 10.2 Å². The molecule has 1 rings (SSSR count). The van der Waals surface area contributed by atoms with Crippen LogP contribution in [0.2, 0.25) is 0 Å². The van der Waals surface area contributed by atoms with E-state index in [9.17, 15) is 0 Å². The van der Waals surface area contributed by atoms with E-state index in [1.807, 2.05) is 0 Å². The fourth-order valence-electron chi connectivity index (χ4n) is 0.577. The maximum Gasteiger partial charge on any atom is 0.152 e. The molecule has 10 heavy (non-hydrogen) atoms. The fourth-order valence-corrected chi connectivity index (χ4v) is 0.577. The predicted octanol–water partition coefficient (Wildman–Crippen LogP) is -0.283. The first kappa shape index (κ1) is 6.95. The summed E-state index contributed by atoms with van der Waals surface area (Å²) in [5.74, 6) is 0.585. The third-order valence-electron chi connectivity index (χ3n) is 1.03. The van der Waals surface area contributed by atoms with Crippen molar-refractivity contribution in [3.63, 3.8) is 0 Å². The SMILES string of the molecule is OCCc1ncc(O)cn1. The van der Waals surface area contributed by atoms with Gasteiger partial charge in [-0.3, -0.25) is 0 Å². The van der Waals surface area contributed by atoms with Gasteiger partial charge in [-0.15, -0.1) is 0 Å². The Hall–Kier alpha value is -1.16. The van der Waals surface area contributed by atoms with Crippen molar-refractivity contribution < 1.29 is 10.2 Å². The highest BCUT2D eigenvalue weighted by molar-refractivity contribution is 5.09. The van der Waals surface area contributed by atoms with Crippen LogP contribution in [0.25, 0.3) is 0 Å². The average molecular weight is 140 g/mol. The van der Waals surface area contributed by atoms with Crippen LogP contribution in [-0.4, -0.2) is 26.8 Å². The van der Waals surface area contributed by atoms with Crippen LogP contribution in [0.4, 0.5) is 0 Å². The third-order valence-corrected chi connectivity index (χ3v) is 1.03. The molecule has 54 valence electrons. The van der Waals surface area contributed by atoms with Crippen LogP contribution in [0.1, 0.15) is 5.82 Å². The van der Waals surface area contributed by atoms with Gasteiger partial charge in [-0.05, 0) is 0 Å². The number of rotatable bonds is 2. The van der Waals surface area contributed by atoms with Crippen LogP contribution in [0, 0.1) is 0 Å². The van der Waals surface area contributed by atoms with Crippen LogP contribution in [0.3, 0.4) is 0 Å². The van der Waals surface area contributed by atoms with Crippen LogP contribution < -0.4 is 0 Å². The summed E-state index contributed by atoms with van der Waals surface area (Å²) in [7, 11) is 0. The van der Waals surface area contributed by atoms with Crippen molar-refractivity contribution in [2.45, 2.75) is 6.42 Å². The van der Waals surface area contributed by atoms with Gasteiger partial charge in [0.1, 0.15) is 5.82 Å². The number of aliphatic hydroxyl groups excluding tert-OH is 1. The average Bonchev–Trinajstić information content (AvgIpc) is 1.95. The molecule has 4 nitrogen and oxygen atoms in total. The summed E-state index contributed by atoms with van der Waals surface area (Å²) in [6.07, 6.45) is 3.04. The smallest absolute Gasteiger partial charge is 0.152 e. The van der Waals surface area contributed by atoms with E-state index in [4.69, 9.17) is 10.2 Å². The summed E-state index contributed by atoms with van der Waals surface area (Å²) in [5.41, 5.74) is 0. The number of nitrogens with zero attached hydrogens (tertiary/aromatic N) is 2. The van der Waals surface area contributed by atoms with Crippen LogP contribution >= 0.6 is 0 Å². The van der Waals surface area contributed by atoms with E-state index >= 15 is 0 Å². The second-order valence-corrected chi connectivity index (χ2v) is 1.83. The van der Waals surface area contributed by atoms with Crippen LogP contribution in [0.15, 0.2) is 12.4 Å². The normalized spacial score (nSPS) is 9.70. The highest BCUT2D eigenvalue weighted by atomic mass is 16.3. The Bertz CT molecular complexity index is 197. The molecule has 0 radical (unpaired) electrons. The van der Waals surface area contributed by atoms with E-state index in [1.54, 1.807) is 0 Å². The van der Waals surface area contributed by atoms with E-state index in [0.717, 1.165) is 0 Å². The lowest BCUT2D eigenvalue weighted by atomic mass is 10.4. The Morgan fingerprint density at radius 3 is 2.40 bits per heavy atom. The van der Waals surface area contributed by atoms with Gasteiger partial charge >= 0.3 is 0 Å². The number of aromatic nitrogens is 2. The van der Waals surface area contributed by atoms with Gasteiger partial charge in [-0.1, -0.05) is 0 Å².